The number of hydrogen-bond acceptors (Lipinski definition) is 3. The molecular weight excluding hydrogens is 259 g/mol. The average Bonchev–Trinajstić information content (AvgIpc) is 2.34. The predicted molar refractivity (Wildman–Crippen MR) is 70.7 cm³/mol. The van der Waals surface area contributed by atoms with Crippen LogP contribution in [0.15, 0.2) is 24.3 Å². The van der Waals surface area contributed by atoms with E-state index in [0.29, 0.717) is 6.54 Å². The first-order valence-electron chi connectivity index (χ1n) is 5.52. The molecule has 0 aliphatic heterocycles. The highest BCUT2D eigenvalue weighted by Crippen LogP contribution is 2.14. The molecule has 1 rings (SSSR count). The summed E-state index contributed by atoms with van der Waals surface area (Å²) in [5, 5.41) is 5.66. The van der Waals surface area contributed by atoms with Crippen molar-refractivity contribution in [2.75, 3.05) is 26.7 Å². The third kappa shape index (κ3) is 6.42. The van der Waals surface area contributed by atoms with Gasteiger partial charge in [-0.3, -0.25) is 4.79 Å². The average molecular weight is 277 g/mol. The van der Waals surface area contributed by atoms with Gasteiger partial charge in [0.05, 0.1) is 0 Å². The quantitative estimate of drug-likeness (QED) is 0.739. The number of hydrogen-bond donors (Lipinski definition) is 2. The fourth-order valence-electron chi connectivity index (χ4n) is 1.25. The number of carbonyl (C=O) groups is 1. The predicted octanol–water partition coefficient (Wildman–Crippen LogP) is 1.35. The smallest absolute Gasteiger partial charge is 0.257 e. The number of carbonyl (C=O) groups excluding carboxylic acids is 1. The molecular formula is C12H18ClFN2O2. The van der Waals surface area contributed by atoms with Gasteiger partial charge < -0.3 is 15.4 Å². The summed E-state index contributed by atoms with van der Waals surface area (Å²) in [6, 6.07) is 6.01. The lowest BCUT2D eigenvalue weighted by Gasteiger charge is -2.07. The van der Waals surface area contributed by atoms with Gasteiger partial charge in [0.15, 0.2) is 18.2 Å². The minimum absolute atomic E-state index is 0. The van der Waals surface area contributed by atoms with Crippen molar-refractivity contribution in [3.63, 3.8) is 0 Å². The van der Waals surface area contributed by atoms with E-state index in [4.69, 9.17) is 4.74 Å². The highest BCUT2D eigenvalue weighted by atomic mass is 35.5. The van der Waals surface area contributed by atoms with Gasteiger partial charge in [0.25, 0.3) is 5.91 Å². The molecule has 0 spiro atoms. The lowest BCUT2D eigenvalue weighted by molar-refractivity contribution is -0.123. The Labute approximate surface area is 112 Å². The second-order valence-corrected chi connectivity index (χ2v) is 3.53. The van der Waals surface area contributed by atoms with Crippen LogP contribution in [0.5, 0.6) is 5.75 Å². The first-order chi connectivity index (χ1) is 8.24. The van der Waals surface area contributed by atoms with Gasteiger partial charge in [0.1, 0.15) is 0 Å². The molecule has 0 unspecified atom stereocenters. The van der Waals surface area contributed by atoms with Crippen LogP contribution in [0, 0.1) is 5.82 Å². The molecule has 0 aromatic heterocycles. The Kier molecular flexibility index (Phi) is 8.96. The van der Waals surface area contributed by atoms with E-state index in [1.165, 1.54) is 12.1 Å². The summed E-state index contributed by atoms with van der Waals surface area (Å²) in [5.41, 5.74) is 0. The SMILES string of the molecule is CNCCCNC(=O)COc1ccccc1F.Cl. The van der Waals surface area contributed by atoms with Gasteiger partial charge in [-0.05, 0) is 32.1 Å². The van der Waals surface area contributed by atoms with E-state index >= 15 is 0 Å². The van der Waals surface area contributed by atoms with Crippen LogP contribution < -0.4 is 15.4 Å². The first kappa shape index (κ1) is 16.7. The molecule has 0 aliphatic carbocycles. The van der Waals surface area contributed by atoms with E-state index in [1.54, 1.807) is 12.1 Å². The number of benzene rings is 1. The number of rotatable bonds is 7. The Morgan fingerprint density at radius 1 is 1.33 bits per heavy atom. The Morgan fingerprint density at radius 3 is 2.72 bits per heavy atom. The van der Waals surface area contributed by atoms with Gasteiger partial charge in [0.2, 0.25) is 0 Å². The second-order valence-electron chi connectivity index (χ2n) is 3.53. The van der Waals surface area contributed by atoms with E-state index in [2.05, 4.69) is 10.6 Å². The van der Waals surface area contributed by atoms with Crippen LogP contribution in [-0.4, -0.2) is 32.7 Å². The normalized spacial score (nSPS) is 9.44. The summed E-state index contributed by atoms with van der Waals surface area (Å²) >= 11 is 0. The van der Waals surface area contributed by atoms with Gasteiger partial charge in [-0.1, -0.05) is 12.1 Å². The highest BCUT2D eigenvalue weighted by molar-refractivity contribution is 5.85. The molecule has 0 saturated carbocycles. The molecule has 102 valence electrons. The molecule has 4 nitrogen and oxygen atoms in total. The maximum absolute atomic E-state index is 13.1. The first-order valence-corrected chi connectivity index (χ1v) is 5.52. The molecule has 18 heavy (non-hydrogen) atoms. The Morgan fingerprint density at radius 2 is 2.06 bits per heavy atom. The van der Waals surface area contributed by atoms with E-state index in [1.807, 2.05) is 7.05 Å². The van der Waals surface area contributed by atoms with E-state index in [-0.39, 0.29) is 30.7 Å². The topological polar surface area (TPSA) is 50.4 Å². The van der Waals surface area contributed by atoms with Crippen LogP contribution in [0.3, 0.4) is 0 Å². The molecule has 2 N–H and O–H groups in total. The second kappa shape index (κ2) is 9.67. The van der Waals surface area contributed by atoms with E-state index in [0.717, 1.165) is 13.0 Å². The zero-order chi connectivity index (χ0) is 12.5. The Balaban J connectivity index is 0.00000289. The summed E-state index contributed by atoms with van der Waals surface area (Å²) in [4.78, 5) is 11.3. The van der Waals surface area contributed by atoms with Crippen LogP contribution in [0.4, 0.5) is 4.39 Å². The van der Waals surface area contributed by atoms with Crippen molar-refractivity contribution in [3.8, 4) is 5.75 Å². The van der Waals surface area contributed by atoms with Crippen molar-refractivity contribution in [3.05, 3.63) is 30.1 Å². The van der Waals surface area contributed by atoms with Gasteiger partial charge >= 0.3 is 0 Å². The maximum atomic E-state index is 13.1. The molecule has 0 fully saturated rings. The molecule has 1 amide bonds. The van der Waals surface area contributed by atoms with Crippen molar-refractivity contribution in [2.24, 2.45) is 0 Å². The molecule has 0 radical (unpaired) electrons. The standard InChI is InChI=1S/C12H17FN2O2.ClH/c1-14-7-4-8-15-12(16)9-17-11-6-3-2-5-10(11)13;/h2-3,5-6,14H,4,7-9H2,1H3,(H,15,16);1H. The van der Waals surface area contributed by atoms with Crippen molar-refractivity contribution in [2.45, 2.75) is 6.42 Å². The minimum atomic E-state index is -0.463. The molecule has 0 saturated heterocycles. The molecule has 1 aromatic carbocycles. The third-order valence-electron chi connectivity index (χ3n) is 2.12. The number of amides is 1. The van der Waals surface area contributed by atoms with E-state index < -0.39 is 5.82 Å². The number of para-hydroxylation sites is 1. The van der Waals surface area contributed by atoms with Crippen molar-refractivity contribution in [1.82, 2.24) is 10.6 Å². The van der Waals surface area contributed by atoms with Gasteiger partial charge in [-0.2, -0.15) is 0 Å². The Bertz CT molecular complexity index is 364. The number of halogens is 2. The molecule has 1 aromatic rings. The Hall–Kier alpha value is -1.33. The summed E-state index contributed by atoms with van der Waals surface area (Å²) in [6.07, 6.45) is 0.849. The lowest BCUT2D eigenvalue weighted by atomic mass is 10.3. The monoisotopic (exact) mass is 276 g/mol. The fraction of sp³-hybridized carbons (Fsp3) is 0.417. The van der Waals surface area contributed by atoms with Crippen molar-refractivity contribution in [1.29, 1.82) is 0 Å². The zero-order valence-corrected chi connectivity index (χ0v) is 11.1. The maximum Gasteiger partial charge on any atom is 0.257 e. The summed E-state index contributed by atoms with van der Waals surface area (Å²) in [5.74, 6) is -0.613. The lowest BCUT2D eigenvalue weighted by Crippen LogP contribution is -2.31. The third-order valence-corrected chi connectivity index (χ3v) is 2.12. The van der Waals surface area contributed by atoms with Crippen LogP contribution >= 0.6 is 12.4 Å². The van der Waals surface area contributed by atoms with Crippen LogP contribution in [0.25, 0.3) is 0 Å². The highest BCUT2D eigenvalue weighted by Gasteiger charge is 2.05. The summed E-state index contributed by atoms with van der Waals surface area (Å²) in [7, 11) is 1.85. The molecule has 0 bridgehead atoms. The van der Waals surface area contributed by atoms with Crippen molar-refractivity contribution < 1.29 is 13.9 Å². The fourth-order valence-corrected chi connectivity index (χ4v) is 1.25. The number of nitrogens with one attached hydrogen (secondary N) is 2. The van der Waals surface area contributed by atoms with Gasteiger partial charge in [0, 0.05) is 6.54 Å². The molecule has 0 heterocycles. The number of ether oxygens (including phenoxy) is 1. The minimum Gasteiger partial charge on any atom is -0.481 e. The molecule has 6 heteroatoms. The largest absolute Gasteiger partial charge is 0.481 e. The van der Waals surface area contributed by atoms with E-state index in [9.17, 15) is 9.18 Å². The summed E-state index contributed by atoms with van der Waals surface area (Å²) in [6.45, 7) is 1.26. The van der Waals surface area contributed by atoms with Gasteiger partial charge in [-0.25, -0.2) is 4.39 Å². The van der Waals surface area contributed by atoms with Crippen LogP contribution in [-0.2, 0) is 4.79 Å². The van der Waals surface area contributed by atoms with Crippen LogP contribution in [0.2, 0.25) is 0 Å². The zero-order valence-electron chi connectivity index (χ0n) is 10.2. The van der Waals surface area contributed by atoms with Crippen molar-refractivity contribution >= 4 is 18.3 Å². The summed E-state index contributed by atoms with van der Waals surface area (Å²) < 4.78 is 18.2. The molecule has 0 aliphatic rings. The molecule has 0 atom stereocenters. The van der Waals surface area contributed by atoms with Gasteiger partial charge in [-0.15, -0.1) is 12.4 Å². The van der Waals surface area contributed by atoms with Crippen LogP contribution in [0.1, 0.15) is 6.42 Å².